The van der Waals surface area contributed by atoms with Gasteiger partial charge in [0.1, 0.15) is 11.5 Å². The first kappa shape index (κ1) is 26.1. The van der Waals surface area contributed by atoms with Crippen molar-refractivity contribution in [1.82, 2.24) is 0 Å². The molecule has 35 heavy (non-hydrogen) atoms. The van der Waals surface area contributed by atoms with E-state index >= 15 is 0 Å². The van der Waals surface area contributed by atoms with Crippen molar-refractivity contribution in [3.05, 3.63) is 83.9 Å². The van der Waals surface area contributed by atoms with E-state index in [0.29, 0.717) is 23.6 Å². The van der Waals surface area contributed by atoms with Gasteiger partial charge in [0.2, 0.25) is 0 Å². The highest BCUT2D eigenvalue weighted by Gasteiger charge is 2.09. The van der Waals surface area contributed by atoms with Crippen LogP contribution in [-0.4, -0.2) is 12.6 Å². The molecule has 0 spiro atoms. The average molecular weight is 473 g/mol. The second kappa shape index (κ2) is 14.7. The standard InChI is InChI=1S/C30H36N2O3/c1-3-4-5-6-7-8-9-10-23-34-28-19-13-25(14-20-28)30(33)35-29-21-17-27(18-22-29)32-31-26-15-11-24(2)12-16-26/h11-22H,3-10,23H2,1-2H3. The van der Waals surface area contributed by atoms with Gasteiger partial charge in [-0.25, -0.2) is 4.79 Å². The maximum Gasteiger partial charge on any atom is 0.343 e. The summed E-state index contributed by atoms with van der Waals surface area (Å²) in [6.45, 7) is 4.97. The first-order chi connectivity index (χ1) is 17.1. The third kappa shape index (κ3) is 9.73. The third-order valence-corrected chi connectivity index (χ3v) is 5.72. The van der Waals surface area contributed by atoms with E-state index in [1.165, 1.54) is 50.5 Å². The zero-order valence-electron chi connectivity index (χ0n) is 20.9. The predicted octanol–water partition coefficient (Wildman–Crippen LogP) is 9.15. The van der Waals surface area contributed by atoms with Gasteiger partial charge in [0, 0.05) is 0 Å². The van der Waals surface area contributed by atoms with Crippen LogP contribution in [0.3, 0.4) is 0 Å². The Morgan fingerprint density at radius 1 is 0.657 bits per heavy atom. The van der Waals surface area contributed by atoms with Gasteiger partial charge in [-0.05, 0) is 74.0 Å². The van der Waals surface area contributed by atoms with Crippen LogP contribution >= 0.6 is 0 Å². The van der Waals surface area contributed by atoms with E-state index in [-0.39, 0.29) is 0 Å². The lowest BCUT2D eigenvalue weighted by atomic mass is 10.1. The van der Waals surface area contributed by atoms with Crippen molar-refractivity contribution in [3.63, 3.8) is 0 Å². The number of nitrogens with zero attached hydrogens (tertiary/aromatic N) is 2. The molecule has 0 aliphatic carbocycles. The largest absolute Gasteiger partial charge is 0.494 e. The summed E-state index contributed by atoms with van der Waals surface area (Å²) in [7, 11) is 0. The number of carbonyl (C=O) groups is 1. The lowest BCUT2D eigenvalue weighted by molar-refractivity contribution is 0.0734. The first-order valence-corrected chi connectivity index (χ1v) is 12.7. The van der Waals surface area contributed by atoms with Gasteiger partial charge >= 0.3 is 5.97 Å². The van der Waals surface area contributed by atoms with Crippen molar-refractivity contribution >= 4 is 17.3 Å². The Morgan fingerprint density at radius 2 is 1.17 bits per heavy atom. The smallest absolute Gasteiger partial charge is 0.343 e. The predicted molar refractivity (Wildman–Crippen MR) is 141 cm³/mol. The molecule has 0 saturated heterocycles. The fourth-order valence-corrected chi connectivity index (χ4v) is 3.59. The van der Waals surface area contributed by atoms with E-state index in [1.807, 2.05) is 43.3 Å². The van der Waals surface area contributed by atoms with Crippen LogP contribution in [0.5, 0.6) is 11.5 Å². The Balaban J connectivity index is 1.38. The first-order valence-electron chi connectivity index (χ1n) is 12.7. The summed E-state index contributed by atoms with van der Waals surface area (Å²) in [4.78, 5) is 12.5. The zero-order chi connectivity index (χ0) is 24.7. The average Bonchev–Trinajstić information content (AvgIpc) is 2.88. The highest BCUT2D eigenvalue weighted by molar-refractivity contribution is 5.91. The van der Waals surface area contributed by atoms with Crippen LogP contribution in [0.1, 0.15) is 74.2 Å². The maximum absolute atomic E-state index is 12.5. The Morgan fingerprint density at radius 3 is 1.77 bits per heavy atom. The molecule has 184 valence electrons. The summed E-state index contributed by atoms with van der Waals surface area (Å²) in [6, 6.07) is 21.9. The molecule has 3 aromatic rings. The molecular weight excluding hydrogens is 436 g/mol. The van der Waals surface area contributed by atoms with Crippen LogP contribution in [0.4, 0.5) is 11.4 Å². The van der Waals surface area contributed by atoms with Crippen LogP contribution in [0, 0.1) is 6.92 Å². The van der Waals surface area contributed by atoms with Gasteiger partial charge in [-0.2, -0.15) is 10.2 Å². The molecule has 0 atom stereocenters. The number of hydrogen-bond acceptors (Lipinski definition) is 5. The zero-order valence-corrected chi connectivity index (χ0v) is 20.9. The van der Waals surface area contributed by atoms with E-state index in [4.69, 9.17) is 9.47 Å². The monoisotopic (exact) mass is 472 g/mol. The minimum absolute atomic E-state index is 0.409. The van der Waals surface area contributed by atoms with Gasteiger partial charge < -0.3 is 9.47 Å². The number of carbonyl (C=O) groups excluding carboxylic acids is 1. The fourth-order valence-electron chi connectivity index (χ4n) is 3.59. The van der Waals surface area contributed by atoms with Crippen molar-refractivity contribution in [2.45, 2.75) is 65.2 Å². The van der Waals surface area contributed by atoms with Crippen molar-refractivity contribution in [2.24, 2.45) is 10.2 Å². The molecule has 3 rings (SSSR count). The molecule has 0 bridgehead atoms. The van der Waals surface area contributed by atoms with E-state index < -0.39 is 5.97 Å². The van der Waals surface area contributed by atoms with Crippen molar-refractivity contribution in [3.8, 4) is 11.5 Å². The number of ether oxygens (including phenoxy) is 2. The molecule has 0 N–H and O–H groups in total. The lowest BCUT2D eigenvalue weighted by Gasteiger charge is -2.08. The van der Waals surface area contributed by atoms with Crippen LogP contribution in [0.15, 0.2) is 83.0 Å². The summed E-state index contributed by atoms with van der Waals surface area (Å²) in [5.41, 5.74) is 3.13. The van der Waals surface area contributed by atoms with Crippen LogP contribution < -0.4 is 9.47 Å². The number of azo groups is 1. The second-order valence-electron chi connectivity index (χ2n) is 8.77. The van der Waals surface area contributed by atoms with Crippen molar-refractivity contribution < 1.29 is 14.3 Å². The summed E-state index contributed by atoms with van der Waals surface area (Å²) < 4.78 is 11.3. The highest BCUT2D eigenvalue weighted by Crippen LogP contribution is 2.22. The summed E-state index contributed by atoms with van der Waals surface area (Å²) in [5.74, 6) is 0.820. The number of aryl methyl sites for hydroxylation is 1. The lowest BCUT2D eigenvalue weighted by Crippen LogP contribution is -2.08. The fraction of sp³-hybridized carbons (Fsp3) is 0.367. The van der Waals surface area contributed by atoms with Crippen LogP contribution in [-0.2, 0) is 0 Å². The molecular formula is C30H36N2O3. The number of unbranched alkanes of at least 4 members (excludes halogenated alkanes) is 7. The quantitative estimate of drug-likeness (QED) is 0.102. The van der Waals surface area contributed by atoms with Gasteiger partial charge in [0.05, 0.1) is 23.5 Å². The normalized spacial score (nSPS) is 11.0. The molecule has 0 heterocycles. The molecule has 3 aromatic carbocycles. The van der Waals surface area contributed by atoms with E-state index in [9.17, 15) is 4.79 Å². The van der Waals surface area contributed by atoms with Gasteiger partial charge in [-0.3, -0.25) is 0 Å². The van der Waals surface area contributed by atoms with Gasteiger partial charge in [-0.1, -0.05) is 69.6 Å². The number of benzene rings is 3. The van der Waals surface area contributed by atoms with Gasteiger partial charge in [-0.15, -0.1) is 0 Å². The molecule has 0 aliphatic heterocycles. The van der Waals surface area contributed by atoms with Crippen molar-refractivity contribution in [1.29, 1.82) is 0 Å². The van der Waals surface area contributed by atoms with Gasteiger partial charge in [0.25, 0.3) is 0 Å². The third-order valence-electron chi connectivity index (χ3n) is 5.72. The van der Waals surface area contributed by atoms with Crippen molar-refractivity contribution in [2.75, 3.05) is 6.61 Å². The SMILES string of the molecule is CCCCCCCCCCOc1ccc(C(=O)Oc2ccc(N=Nc3ccc(C)cc3)cc2)cc1. The molecule has 0 aromatic heterocycles. The maximum atomic E-state index is 12.5. The van der Waals surface area contributed by atoms with Gasteiger partial charge in [0.15, 0.2) is 0 Å². The number of rotatable bonds is 14. The van der Waals surface area contributed by atoms with Crippen LogP contribution in [0.2, 0.25) is 0 Å². The minimum Gasteiger partial charge on any atom is -0.494 e. The summed E-state index contributed by atoms with van der Waals surface area (Å²) in [6.07, 6.45) is 10.2. The number of hydrogen-bond donors (Lipinski definition) is 0. The molecule has 0 unspecified atom stereocenters. The van der Waals surface area contributed by atoms with E-state index in [1.54, 1.807) is 36.4 Å². The molecule has 0 fully saturated rings. The molecule has 0 aliphatic rings. The second-order valence-corrected chi connectivity index (χ2v) is 8.77. The molecule has 0 amide bonds. The Labute approximate surface area is 209 Å². The molecule has 5 heteroatoms. The van der Waals surface area contributed by atoms with E-state index in [0.717, 1.165) is 17.9 Å². The summed E-state index contributed by atoms with van der Waals surface area (Å²) >= 11 is 0. The Hall–Kier alpha value is -3.47. The Kier molecular flexibility index (Phi) is 11.0. The summed E-state index contributed by atoms with van der Waals surface area (Å²) in [5, 5.41) is 8.44. The van der Waals surface area contributed by atoms with E-state index in [2.05, 4.69) is 17.2 Å². The molecule has 5 nitrogen and oxygen atoms in total. The van der Waals surface area contributed by atoms with Crippen LogP contribution in [0.25, 0.3) is 0 Å². The Bertz CT molecular complexity index is 1040. The topological polar surface area (TPSA) is 60.2 Å². The molecule has 0 saturated carbocycles. The molecule has 0 radical (unpaired) electrons. The number of esters is 1. The highest BCUT2D eigenvalue weighted by atomic mass is 16.5. The minimum atomic E-state index is -0.409.